The molecule has 0 aliphatic carbocycles. The molecule has 0 aliphatic rings. The van der Waals surface area contributed by atoms with Crippen molar-refractivity contribution in [1.82, 2.24) is 9.97 Å². The van der Waals surface area contributed by atoms with Crippen molar-refractivity contribution in [2.75, 3.05) is 12.4 Å². The van der Waals surface area contributed by atoms with Gasteiger partial charge in [0.1, 0.15) is 5.82 Å². The van der Waals surface area contributed by atoms with Crippen molar-refractivity contribution < 1.29 is 9.53 Å². The maximum Gasteiger partial charge on any atom is 0.376 e. The van der Waals surface area contributed by atoms with Gasteiger partial charge >= 0.3 is 5.97 Å². The van der Waals surface area contributed by atoms with Crippen LogP contribution in [0.5, 0.6) is 0 Å². The highest BCUT2D eigenvalue weighted by Crippen LogP contribution is 2.21. The highest BCUT2D eigenvalue weighted by atomic mass is 16.5. The molecule has 0 aliphatic heterocycles. The Balaban J connectivity index is 2.25. The van der Waals surface area contributed by atoms with Crippen LogP contribution >= 0.6 is 0 Å². The Morgan fingerprint density at radius 2 is 2.00 bits per heavy atom. The molecule has 0 radical (unpaired) electrons. The Hall–Kier alpha value is -2.43. The van der Waals surface area contributed by atoms with Gasteiger partial charge in [0.25, 0.3) is 0 Å². The monoisotopic (exact) mass is 285 g/mol. The molecule has 0 spiro atoms. The van der Waals surface area contributed by atoms with Crippen LogP contribution in [-0.4, -0.2) is 23.0 Å². The molecular formula is C16H19N3O2. The molecular weight excluding hydrogens is 266 g/mol. The Labute approximate surface area is 124 Å². The Morgan fingerprint density at radius 3 is 2.62 bits per heavy atom. The molecule has 0 saturated carbocycles. The van der Waals surface area contributed by atoms with Gasteiger partial charge in [0.15, 0.2) is 0 Å². The quantitative estimate of drug-likeness (QED) is 0.855. The van der Waals surface area contributed by atoms with Crippen LogP contribution in [0.15, 0.2) is 36.4 Å². The number of nitrogens with one attached hydrogen (secondary N) is 1. The number of nitrogens with zero attached hydrogens (tertiary/aromatic N) is 2. The van der Waals surface area contributed by atoms with Crippen molar-refractivity contribution in [3.8, 4) is 0 Å². The number of anilines is 1. The number of aromatic nitrogens is 2. The first-order chi connectivity index (χ1) is 10.1. The van der Waals surface area contributed by atoms with E-state index in [-0.39, 0.29) is 11.9 Å². The predicted molar refractivity (Wildman–Crippen MR) is 81.2 cm³/mol. The number of rotatable bonds is 5. The minimum absolute atomic E-state index is 0.0721. The zero-order chi connectivity index (χ0) is 15.2. The Bertz CT molecular complexity index is 614. The van der Waals surface area contributed by atoms with Crippen LogP contribution in [0.2, 0.25) is 0 Å². The van der Waals surface area contributed by atoms with E-state index in [0.717, 1.165) is 12.1 Å². The van der Waals surface area contributed by atoms with E-state index in [2.05, 4.69) is 39.1 Å². The summed E-state index contributed by atoms with van der Waals surface area (Å²) in [5.41, 5.74) is 1.90. The van der Waals surface area contributed by atoms with E-state index in [9.17, 15) is 4.79 Å². The van der Waals surface area contributed by atoms with Crippen LogP contribution in [0.4, 0.5) is 5.82 Å². The van der Waals surface area contributed by atoms with Gasteiger partial charge in [0, 0.05) is 11.8 Å². The second kappa shape index (κ2) is 6.83. The van der Waals surface area contributed by atoms with E-state index in [4.69, 9.17) is 0 Å². The normalized spacial score (nSPS) is 11.8. The predicted octanol–water partition coefficient (Wildman–Crippen LogP) is 3.13. The summed E-state index contributed by atoms with van der Waals surface area (Å²) in [5, 5.41) is 3.35. The molecule has 1 heterocycles. The SMILES string of the molecule is CCC(Nc1cc(C)nc(C(=O)OC)n1)c1ccccc1. The number of hydrogen-bond donors (Lipinski definition) is 1. The van der Waals surface area contributed by atoms with E-state index in [0.29, 0.717) is 5.82 Å². The zero-order valence-electron chi connectivity index (χ0n) is 12.5. The van der Waals surface area contributed by atoms with Crippen molar-refractivity contribution in [2.45, 2.75) is 26.3 Å². The number of ether oxygens (including phenoxy) is 1. The lowest BCUT2D eigenvalue weighted by Gasteiger charge is -2.18. The fourth-order valence-corrected chi connectivity index (χ4v) is 2.11. The van der Waals surface area contributed by atoms with Crippen LogP contribution < -0.4 is 5.32 Å². The molecule has 0 fully saturated rings. The van der Waals surface area contributed by atoms with E-state index in [1.54, 1.807) is 0 Å². The second-order valence-corrected chi connectivity index (χ2v) is 4.73. The standard InChI is InChI=1S/C16H19N3O2/c1-4-13(12-8-6-5-7-9-12)18-14-10-11(2)17-15(19-14)16(20)21-3/h5-10,13H,4H2,1-3H3,(H,17,18,19). The number of carbonyl (C=O) groups is 1. The molecule has 110 valence electrons. The molecule has 0 amide bonds. The molecule has 0 bridgehead atoms. The highest BCUT2D eigenvalue weighted by Gasteiger charge is 2.14. The van der Waals surface area contributed by atoms with Gasteiger partial charge in [-0.15, -0.1) is 0 Å². The fraction of sp³-hybridized carbons (Fsp3) is 0.312. The van der Waals surface area contributed by atoms with Crippen LogP contribution in [0.1, 0.15) is 41.3 Å². The maximum atomic E-state index is 11.6. The first kappa shape index (κ1) is 15.0. The average molecular weight is 285 g/mol. The third-order valence-corrected chi connectivity index (χ3v) is 3.15. The number of benzene rings is 1. The summed E-state index contributed by atoms with van der Waals surface area (Å²) in [6.45, 7) is 3.92. The molecule has 0 saturated heterocycles. The summed E-state index contributed by atoms with van der Waals surface area (Å²) in [7, 11) is 1.32. The molecule has 1 unspecified atom stereocenters. The van der Waals surface area contributed by atoms with Gasteiger partial charge in [-0.1, -0.05) is 37.3 Å². The topological polar surface area (TPSA) is 64.1 Å². The van der Waals surface area contributed by atoms with E-state index >= 15 is 0 Å². The third kappa shape index (κ3) is 3.78. The van der Waals surface area contributed by atoms with E-state index < -0.39 is 5.97 Å². The molecule has 1 N–H and O–H groups in total. The highest BCUT2D eigenvalue weighted by molar-refractivity contribution is 5.85. The van der Waals surface area contributed by atoms with Gasteiger partial charge in [-0.25, -0.2) is 14.8 Å². The molecule has 1 aromatic heterocycles. The zero-order valence-corrected chi connectivity index (χ0v) is 12.5. The molecule has 5 heteroatoms. The van der Waals surface area contributed by atoms with Crippen molar-refractivity contribution in [3.05, 3.63) is 53.5 Å². The minimum atomic E-state index is -0.533. The molecule has 2 rings (SSSR count). The maximum absolute atomic E-state index is 11.6. The van der Waals surface area contributed by atoms with Crippen LogP contribution in [-0.2, 0) is 4.74 Å². The molecule has 1 atom stereocenters. The summed E-state index contributed by atoms with van der Waals surface area (Å²) < 4.78 is 4.67. The van der Waals surface area contributed by atoms with Crippen molar-refractivity contribution in [1.29, 1.82) is 0 Å². The van der Waals surface area contributed by atoms with E-state index in [1.807, 2.05) is 31.2 Å². The van der Waals surface area contributed by atoms with Crippen molar-refractivity contribution >= 4 is 11.8 Å². The molecule has 1 aromatic carbocycles. The third-order valence-electron chi connectivity index (χ3n) is 3.15. The summed E-state index contributed by atoms with van der Waals surface area (Å²) in [6, 6.07) is 12.1. The fourth-order valence-electron chi connectivity index (χ4n) is 2.11. The minimum Gasteiger partial charge on any atom is -0.463 e. The lowest BCUT2D eigenvalue weighted by Crippen LogP contribution is -2.14. The summed E-state index contributed by atoms with van der Waals surface area (Å²) in [6.07, 6.45) is 0.903. The molecule has 21 heavy (non-hydrogen) atoms. The number of methoxy groups -OCH3 is 1. The number of hydrogen-bond acceptors (Lipinski definition) is 5. The van der Waals surface area contributed by atoms with Gasteiger partial charge in [0.05, 0.1) is 13.2 Å². The number of carbonyl (C=O) groups excluding carboxylic acids is 1. The molecule has 5 nitrogen and oxygen atoms in total. The Morgan fingerprint density at radius 1 is 1.29 bits per heavy atom. The lowest BCUT2D eigenvalue weighted by atomic mass is 10.0. The average Bonchev–Trinajstić information content (AvgIpc) is 2.52. The Kier molecular flexibility index (Phi) is 4.87. The summed E-state index contributed by atoms with van der Waals surface area (Å²) in [5.74, 6) is 0.163. The summed E-state index contributed by atoms with van der Waals surface area (Å²) in [4.78, 5) is 19.9. The number of aryl methyl sites for hydroxylation is 1. The van der Waals surface area contributed by atoms with Gasteiger partial charge < -0.3 is 10.1 Å². The van der Waals surface area contributed by atoms with Gasteiger partial charge in [-0.3, -0.25) is 0 Å². The smallest absolute Gasteiger partial charge is 0.376 e. The van der Waals surface area contributed by atoms with Crippen LogP contribution in [0.25, 0.3) is 0 Å². The van der Waals surface area contributed by atoms with Gasteiger partial charge in [-0.05, 0) is 18.9 Å². The number of esters is 1. The van der Waals surface area contributed by atoms with Crippen LogP contribution in [0, 0.1) is 6.92 Å². The first-order valence-corrected chi connectivity index (χ1v) is 6.89. The lowest BCUT2D eigenvalue weighted by molar-refractivity contribution is 0.0586. The van der Waals surface area contributed by atoms with Gasteiger partial charge in [-0.2, -0.15) is 0 Å². The second-order valence-electron chi connectivity index (χ2n) is 4.73. The molecule has 2 aromatic rings. The van der Waals surface area contributed by atoms with Gasteiger partial charge in [0.2, 0.25) is 5.82 Å². The van der Waals surface area contributed by atoms with Crippen molar-refractivity contribution in [3.63, 3.8) is 0 Å². The largest absolute Gasteiger partial charge is 0.463 e. The van der Waals surface area contributed by atoms with E-state index in [1.165, 1.54) is 12.7 Å². The van der Waals surface area contributed by atoms with Crippen molar-refractivity contribution in [2.24, 2.45) is 0 Å². The van der Waals surface area contributed by atoms with Crippen LogP contribution in [0.3, 0.4) is 0 Å². The summed E-state index contributed by atoms with van der Waals surface area (Å²) >= 11 is 0. The first-order valence-electron chi connectivity index (χ1n) is 6.89.